The first kappa shape index (κ1) is 16.4. The van der Waals surface area contributed by atoms with Crippen molar-refractivity contribution in [3.05, 3.63) is 18.0 Å². The second-order valence-electron chi connectivity index (χ2n) is 5.66. The van der Waals surface area contributed by atoms with Gasteiger partial charge in [-0.2, -0.15) is 16.9 Å². The van der Waals surface area contributed by atoms with Gasteiger partial charge in [0.1, 0.15) is 6.04 Å². The molecule has 1 aliphatic carbocycles. The van der Waals surface area contributed by atoms with E-state index in [0.717, 1.165) is 24.2 Å². The smallest absolute Gasteiger partial charge is 0.244 e. The lowest BCUT2D eigenvalue weighted by atomic mass is 10.1. The molecule has 5 nitrogen and oxygen atoms in total. The van der Waals surface area contributed by atoms with Crippen LogP contribution in [0.25, 0.3) is 0 Å². The number of carbonyl (C=O) groups excluding carboxylic acids is 1. The molecule has 1 aromatic heterocycles. The first-order valence-corrected chi connectivity index (χ1v) is 8.65. The van der Waals surface area contributed by atoms with Crippen molar-refractivity contribution in [2.75, 3.05) is 19.8 Å². The summed E-state index contributed by atoms with van der Waals surface area (Å²) in [6.07, 6.45) is 7.11. The highest BCUT2D eigenvalue weighted by atomic mass is 32.2. The van der Waals surface area contributed by atoms with Crippen molar-refractivity contribution in [1.29, 1.82) is 0 Å². The highest BCUT2D eigenvalue weighted by Crippen LogP contribution is 2.33. The van der Waals surface area contributed by atoms with E-state index < -0.39 is 0 Å². The molecule has 6 heteroatoms. The summed E-state index contributed by atoms with van der Waals surface area (Å²) in [7, 11) is 5.63. The first-order valence-electron chi connectivity index (χ1n) is 7.60. The molecule has 0 aromatic carbocycles. The van der Waals surface area contributed by atoms with Crippen LogP contribution >= 0.6 is 11.8 Å². The normalized spacial score (nSPS) is 23.2. The summed E-state index contributed by atoms with van der Waals surface area (Å²) in [4.78, 5) is 14.7. The Morgan fingerprint density at radius 3 is 2.95 bits per heavy atom. The summed E-state index contributed by atoms with van der Waals surface area (Å²) >= 11 is 2.02. The Kier molecular flexibility index (Phi) is 5.70. The average Bonchev–Trinajstić information content (AvgIpc) is 3.09. The molecule has 0 radical (unpaired) electrons. The van der Waals surface area contributed by atoms with Crippen molar-refractivity contribution in [2.24, 2.45) is 7.05 Å². The number of thioether (sulfide) groups is 1. The molecule has 0 bridgehead atoms. The maximum atomic E-state index is 12.8. The molecule has 1 aromatic rings. The van der Waals surface area contributed by atoms with E-state index in [1.807, 2.05) is 44.0 Å². The van der Waals surface area contributed by atoms with Gasteiger partial charge < -0.3 is 10.2 Å². The Bertz CT molecular complexity index is 476. The van der Waals surface area contributed by atoms with E-state index in [1.54, 1.807) is 10.9 Å². The van der Waals surface area contributed by atoms with Gasteiger partial charge in [-0.25, -0.2) is 0 Å². The number of nitrogens with zero attached hydrogens (tertiary/aromatic N) is 3. The van der Waals surface area contributed by atoms with E-state index in [-0.39, 0.29) is 11.9 Å². The SMILES string of the molecule is CCSC1CCC(N(C)C(=O)C(NC)c2cnn(C)c2)C1. The van der Waals surface area contributed by atoms with Crippen LogP contribution in [0.15, 0.2) is 12.4 Å². The van der Waals surface area contributed by atoms with Crippen molar-refractivity contribution in [3.63, 3.8) is 0 Å². The van der Waals surface area contributed by atoms with Crippen LogP contribution in [-0.2, 0) is 11.8 Å². The van der Waals surface area contributed by atoms with Gasteiger partial charge in [0.05, 0.1) is 6.20 Å². The minimum atomic E-state index is -0.304. The van der Waals surface area contributed by atoms with Crippen molar-refractivity contribution < 1.29 is 4.79 Å². The molecule has 1 heterocycles. The number of hydrogen-bond donors (Lipinski definition) is 1. The number of aryl methyl sites for hydroxylation is 1. The molecule has 1 aliphatic rings. The van der Waals surface area contributed by atoms with E-state index in [2.05, 4.69) is 17.3 Å². The summed E-state index contributed by atoms with van der Waals surface area (Å²) in [6.45, 7) is 2.20. The van der Waals surface area contributed by atoms with Gasteiger partial charge >= 0.3 is 0 Å². The third-order valence-corrected chi connectivity index (χ3v) is 5.48. The highest BCUT2D eigenvalue weighted by molar-refractivity contribution is 7.99. The topological polar surface area (TPSA) is 50.2 Å². The average molecular weight is 310 g/mol. The summed E-state index contributed by atoms with van der Waals surface area (Å²) < 4.78 is 1.73. The van der Waals surface area contributed by atoms with E-state index in [4.69, 9.17) is 0 Å². The molecule has 0 spiro atoms. The Morgan fingerprint density at radius 1 is 1.62 bits per heavy atom. The molecule has 1 fully saturated rings. The second-order valence-corrected chi connectivity index (χ2v) is 7.24. The molecule has 118 valence electrons. The standard InChI is InChI=1S/C15H26N4OS/c1-5-21-13-7-6-12(8-13)19(4)15(20)14(16-2)11-9-17-18(3)10-11/h9-10,12-14,16H,5-8H2,1-4H3. The summed E-state index contributed by atoms with van der Waals surface area (Å²) in [5.74, 6) is 1.29. The van der Waals surface area contributed by atoms with Crippen LogP contribution in [0.3, 0.4) is 0 Å². The molecule has 3 unspecified atom stereocenters. The number of likely N-dealkylation sites (N-methyl/N-ethyl adjacent to an activating group) is 2. The maximum absolute atomic E-state index is 12.8. The van der Waals surface area contributed by atoms with Crippen molar-refractivity contribution >= 4 is 17.7 Å². The predicted molar refractivity (Wildman–Crippen MR) is 87.3 cm³/mol. The molecule has 3 atom stereocenters. The van der Waals surface area contributed by atoms with Crippen LogP contribution in [-0.4, -0.2) is 51.7 Å². The van der Waals surface area contributed by atoms with Gasteiger partial charge in [-0.1, -0.05) is 6.92 Å². The molecule has 0 aliphatic heterocycles. The maximum Gasteiger partial charge on any atom is 0.244 e. The minimum Gasteiger partial charge on any atom is -0.341 e. The zero-order valence-corrected chi connectivity index (χ0v) is 14.2. The third kappa shape index (κ3) is 3.80. The molecule has 1 saturated carbocycles. The number of carbonyl (C=O) groups is 1. The Labute approximate surface area is 131 Å². The Balaban J connectivity index is 2.01. The van der Waals surface area contributed by atoms with Gasteiger partial charge in [-0.15, -0.1) is 0 Å². The van der Waals surface area contributed by atoms with Gasteiger partial charge in [0.15, 0.2) is 0 Å². The van der Waals surface area contributed by atoms with Gasteiger partial charge in [-0.3, -0.25) is 9.48 Å². The van der Waals surface area contributed by atoms with Gasteiger partial charge in [0.25, 0.3) is 0 Å². The quantitative estimate of drug-likeness (QED) is 0.871. The molecule has 21 heavy (non-hydrogen) atoms. The van der Waals surface area contributed by atoms with Crippen LogP contribution in [0.2, 0.25) is 0 Å². The van der Waals surface area contributed by atoms with E-state index in [9.17, 15) is 4.79 Å². The van der Waals surface area contributed by atoms with E-state index >= 15 is 0 Å². The van der Waals surface area contributed by atoms with Crippen molar-refractivity contribution in [1.82, 2.24) is 20.0 Å². The second kappa shape index (κ2) is 7.31. The Hall–Kier alpha value is -1.01. The summed E-state index contributed by atoms with van der Waals surface area (Å²) in [5.41, 5.74) is 0.925. The lowest BCUT2D eigenvalue weighted by Gasteiger charge is -2.28. The van der Waals surface area contributed by atoms with Crippen LogP contribution < -0.4 is 5.32 Å². The largest absolute Gasteiger partial charge is 0.341 e. The number of nitrogens with one attached hydrogen (secondary N) is 1. The molecule has 1 N–H and O–H groups in total. The summed E-state index contributed by atoms with van der Waals surface area (Å²) in [6, 6.07) is 0.0654. The van der Waals surface area contributed by atoms with Gasteiger partial charge in [0.2, 0.25) is 5.91 Å². The monoisotopic (exact) mass is 310 g/mol. The zero-order valence-electron chi connectivity index (χ0n) is 13.4. The lowest BCUT2D eigenvalue weighted by Crippen LogP contribution is -2.42. The molecular weight excluding hydrogens is 284 g/mol. The predicted octanol–water partition coefficient (Wildman–Crippen LogP) is 1.81. The van der Waals surface area contributed by atoms with Crippen molar-refractivity contribution in [2.45, 2.75) is 43.5 Å². The fourth-order valence-corrected chi connectivity index (χ4v) is 4.19. The highest BCUT2D eigenvalue weighted by Gasteiger charge is 2.33. The van der Waals surface area contributed by atoms with E-state index in [1.165, 1.54) is 6.42 Å². The molecule has 0 saturated heterocycles. The number of amides is 1. The minimum absolute atomic E-state index is 0.137. The van der Waals surface area contributed by atoms with Crippen LogP contribution in [0, 0.1) is 0 Å². The number of aromatic nitrogens is 2. The zero-order chi connectivity index (χ0) is 15.4. The van der Waals surface area contributed by atoms with Crippen LogP contribution in [0.1, 0.15) is 37.8 Å². The van der Waals surface area contributed by atoms with Crippen LogP contribution in [0.4, 0.5) is 0 Å². The Morgan fingerprint density at radius 2 is 2.38 bits per heavy atom. The number of hydrogen-bond acceptors (Lipinski definition) is 4. The van der Waals surface area contributed by atoms with Gasteiger partial charge in [0, 0.05) is 37.1 Å². The molecule has 1 amide bonds. The van der Waals surface area contributed by atoms with Crippen LogP contribution in [0.5, 0.6) is 0 Å². The fraction of sp³-hybridized carbons (Fsp3) is 0.733. The lowest BCUT2D eigenvalue weighted by molar-refractivity contribution is -0.134. The first-order chi connectivity index (χ1) is 10.1. The molecule has 2 rings (SSSR count). The molecular formula is C15H26N4OS. The van der Waals surface area contributed by atoms with Crippen molar-refractivity contribution in [3.8, 4) is 0 Å². The number of rotatable bonds is 6. The van der Waals surface area contributed by atoms with Gasteiger partial charge in [-0.05, 0) is 32.1 Å². The fourth-order valence-electron chi connectivity index (χ4n) is 3.06. The van der Waals surface area contributed by atoms with E-state index in [0.29, 0.717) is 11.3 Å². The third-order valence-electron chi connectivity index (χ3n) is 4.25. The summed E-state index contributed by atoms with van der Waals surface area (Å²) in [5, 5.41) is 8.00.